The van der Waals surface area contributed by atoms with E-state index in [1.54, 1.807) is 6.20 Å². The molecule has 0 saturated heterocycles. The van der Waals surface area contributed by atoms with Gasteiger partial charge in [0.25, 0.3) is 0 Å². The molecule has 0 aliphatic carbocycles. The second kappa shape index (κ2) is 5.09. The molecule has 0 aliphatic heterocycles. The number of hydrogen-bond acceptors (Lipinski definition) is 2. The molecule has 0 unspecified atom stereocenters. The zero-order chi connectivity index (χ0) is 7.56. The second-order valence-corrected chi connectivity index (χ2v) is 3.47. The van der Waals surface area contributed by atoms with Crippen LogP contribution in [0.2, 0.25) is 0 Å². The van der Waals surface area contributed by atoms with Crippen molar-refractivity contribution in [2.24, 2.45) is 5.73 Å². The highest BCUT2D eigenvalue weighted by atomic mass is 79.9. The molecule has 2 N–H and O–H groups in total. The van der Waals surface area contributed by atoms with Crippen molar-refractivity contribution in [3.63, 3.8) is 0 Å². The summed E-state index contributed by atoms with van der Waals surface area (Å²) in [5, 5.41) is 0. The van der Waals surface area contributed by atoms with Gasteiger partial charge < -0.3 is 5.73 Å². The van der Waals surface area contributed by atoms with Gasteiger partial charge in [0.15, 0.2) is 0 Å². The Morgan fingerprint density at radius 1 is 1.45 bits per heavy atom. The molecule has 11 heavy (non-hydrogen) atoms. The summed E-state index contributed by atoms with van der Waals surface area (Å²) in [6.45, 7) is 0.507. The van der Waals surface area contributed by atoms with Gasteiger partial charge in [0, 0.05) is 17.2 Å². The van der Waals surface area contributed by atoms with Gasteiger partial charge in [0.2, 0.25) is 0 Å². The van der Waals surface area contributed by atoms with Crippen LogP contribution in [-0.4, -0.2) is 4.98 Å². The summed E-state index contributed by atoms with van der Waals surface area (Å²) in [6.07, 6.45) is 1.73. The van der Waals surface area contributed by atoms with Crippen LogP contribution in [-0.2, 0) is 6.54 Å². The van der Waals surface area contributed by atoms with Gasteiger partial charge in [-0.1, -0.05) is 0 Å². The molecule has 1 aromatic rings. The first-order valence-electron chi connectivity index (χ1n) is 2.74. The minimum Gasteiger partial charge on any atom is -0.326 e. The first-order chi connectivity index (χ1) is 4.74. The number of hydrogen-bond donors (Lipinski definition) is 1. The second-order valence-electron chi connectivity index (χ2n) is 1.81. The van der Waals surface area contributed by atoms with Crippen molar-refractivity contribution < 1.29 is 0 Å². The van der Waals surface area contributed by atoms with Crippen LogP contribution in [0, 0.1) is 0 Å². The van der Waals surface area contributed by atoms with Crippen LogP contribution in [0.4, 0.5) is 0 Å². The molecule has 0 spiro atoms. The normalized spacial score (nSPS) is 9.00. The largest absolute Gasteiger partial charge is 0.326 e. The first kappa shape index (κ1) is 11.4. The topological polar surface area (TPSA) is 38.9 Å². The van der Waals surface area contributed by atoms with Crippen LogP contribution in [0.1, 0.15) is 5.56 Å². The van der Waals surface area contributed by atoms with Crippen LogP contribution < -0.4 is 5.73 Å². The average Bonchev–Trinajstić information content (AvgIpc) is 1.94. The van der Waals surface area contributed by atoms with Crippen molar-refractivity contribution in [1.82, 2.24) is 4.98 Å². The average molecular weight is 302 g/mol. The summed E-state index contributed by atoms with van der Waals surface area (Å²) >= 11 is 6.58. The van der Waals surface area contributed by atoms with E-state index >= 15 is 0 Å². The molecule has 1 rings (SSSR count). The number of aromatic nitrogens is 1. The Kier molecular flexibility index (Phi) is 5.25. The van der Waals surface area contributed by atoms with Crippen molar-refractivity contribution in [1.29, 1.82) is 0 Å². The van der Waals surface area contributed by atoms with Crippen molar-refractivity contribution in [2.45, 2.75) is 6.54 Å². The predicted octanol–water partition coefficient (Wildman–Crippen LogP) is 2.49. The maximum absolute atomic E-state index is 5.43. The molecule has 62 valence electrons. The molecular weight excluding hydrogens is 295 g/mol. The van der Waals surface area contributed by atoms with Crippen LogP contribution in [0.5, 0.6) is 0 Å². The van der Waals surface area contributed by atoms with Crippen molar-refractivity contribution in [3.8, 4) is 0 Å². The van der Waals surface area contributed by atoms with Crippen LogP contribution in [0.15, 0.2) is 21.3 Å². The van der Waals surface area contributed by atoms with Gasteiger partial charge in [-0.2, -0.15) is 0 Å². The lowest BCUT2D eigenvalue weighted by Gasteiger charge is -1.98. The molecule has 0 saturated carbocycles. The Hall–Kier alpha value is 0.360. The van der Waals surface area contributed by atoms with Gasteiger partial charge in [-0.05, 0) is 43.5 Å². The number of rotatable bonds is 1. The minimum atomic E-state index is 0. The van der Waals surface area contributed by atoms with E-state index in [2.05, 4.69) is 36.8 Å². The third kappa shape index (κ3) is 3.07. The monoisotopic (exact) mass is 300 g/mol. The highest BCUT2D eigenvalue weighted by molar-refractivity contribution is 9.11. The SMILES string of the molecule is Cl.NCc1cc(Br)cnc1Br. The zero-order valence-electron chi connectivity index (χ0n) is 5.55. The Morgan fingerprint density at radius 2 is 2.09 bits per heavy atom. The number of nitrogens with zero attached hydrogens (tertiary/aromatic N) is 1. The quantitative estimate of drug-likeness (QED) is 0.810. The summed E-state index contributed by atoms with van der Waals surface area (Å²) in [5.41, 5.74) is 6.44. The maximum Gasteiger partial charge on any atom is 0.110 e. The van der Waals surface area contributed by atoms with Gasteiger partial charge in [-0.15, -0.1) is 12.4 Å². The third-order valence-electron chi connectivity index (χ3n) is 1.10. The lowest BCUT2D eigenvalue weighted by Crippen LogP contribution is -1.98. The molecule has 1 aromatic heterocycles. The molecule has 1 heterocycles. The molecular formula is C6H7Br2ClN2. The van der Waals surface area contributed by atoms with E-state index in [9.17, 15) is 0 Å². The summed E-state index contributed by atoms with van der Waals surface area (Å²) in [4.78, 5) is 4.04. The standard InChI is InChI=1S/C6H6Br2N2.ClH/c7-5-1-4(2-9)6(8)10-3-5;/h1,3H,2,9H2;1H. The Morgan fingerprint density at radius 3 is 2.55 bits per heavy atom. The number of pyridine rings is 1. The maximum atomic E-state index is 5.43. The van der Waals surface area contributed by atoms with E-state index in [-0.39, 0.29) is 12.4 Å². The minimum absolute atomic E-state index is 0. The molecule has 0 atom stereocenters. The van der Waals surface area contributed by atoms with Crippen molar-refractivity contribution in [2.75, 3.05) is 0 Å². The van der Waals surface area contributed by atoms with E-state index in [1.807, 2.05) is 6.07 Å². The highest BCUT2D eigenvalue weighted by Gasteiger charge is 1.97. The van der Waals surface area contributed by atoms with Crippen LogP contribution >= 0.6 is 44.3 Å². The van der Waals surface area contributed by atoms with Gasteiger partial charge in [-0.25, -0.2) is 4.98 Å². The third-order valence-corrected chi connectivity index (χ3v) is 2.25. The molecule has 0 bridgehead atoms. The fraction of sp³-hybridized carbons (Fsp3) is 0.167. The molecule has 0 fully saturated rings. The Balaban J connectivity index is 0.000001000. The molecule has 0 radical (unpaired) electrons. The van der Waals surface area contributed by atoms with Gasteiger partial charge in [-0.3, -0.25) is 0 Å². The first-order valence-corrected chi connectivity index (χ1v) is 4.32. The molecule has 2 nitrogen and oxygen atoms in total. The molecule has 0 aliphatic rings. The van der Waals surface area contributed by atoms with Crippen LogP contribution in [0.25, 0.3) is 0 Å². The van der Waals surface area contributed by atoms with E-state index in [0.29, 0.717) is 6.54 Å². The smallest absolute Gasteiger partial charge is 0.110 e. The number of halogens is 3. The molecule has 0 aromatic carbocycles. The van der Waals surface area contributed by atoms with E-state index in [1.165, 1.54) is 0 Å². The lowest BCUT2D eigenvalue weighted by molar-refractivity contribution is 1.02. The van der Waals surface area contributed by atoms with Crippen LogP contribution in [0.3, 0.4) is 0 Å². The summed E-state index contributed by atoms with van der Waals surface area (Å²) in [6, 6.07) is 1.94. The highest BCUT2D eigenvalue weighted by Crippen LogP contribution is 2.17. The predicted molar refractivity (Wildman–Crippen MR) is 54.8 cm³/mol. The van der Waals surface area contributed by atoms with E-state index in [0.717, 1.165) is 14.6 Å². The summed E-state index contributed by atoms with van der Waals surface area (Å²) in [7, 11) is 0. The fourth-order valence-electron chi connectivity index (χ4n) is 0.608. The van der Waals surface area contributed by atoms with E-state index in [4.69, 9.17) is 5.73 Å². The van der Waals surface area contributed by atoms with Gasteiger partial charge in [0.05, 0.1) is 0 Å². The van der Waals surface area contributed by atoms with Gasteiger partial charge in [0.1, 0.15) is 4.60 Å². The molecule has 0 amide bonds. The lowest BCUT2D eigenvalue weighted by atomic mass is 10.3. The summed E-state index contributed by atoms with van der Waals surface area (Å²) in [5.74, 6) is 0. The number of nitrogens with two attached hydrogens (primary N) is 1. The summed E-state index contributed by atoms with van der Waals surface area (Å²) < 4.78 is 1.77. The Bertz CT molecular complexity index is 242. The molecule has 5 heteroatoms. The van der Waals surface area contributed by atoms with E-state index < -0.39 is 0 Å². The van der Waals surface area contributed by atoms with Crippen molar-refractivity contribution in [3.05, 3.63) is 26.9 Å². The van der Waals surface area contributed by atoms with Gasteiger partial charge >= 0.3 is 0 Å². The Labute approximate surface area is 88.2 Å². The van der Waals surface area contributed by atoms with Crippen molar-refractivity contribution >= 4 is 44.3 Å². The fourth-order valence-corrected chi connectivity index (χ4v) is 1.37. The zero-order valence-corrected chi connectivity index (χ0v) is 9.54.